The van der Waals surface area contributed by atoms with Crippen molar-refractivity contribution in [2.24, 2.45) is 0 Å². The lowest BCUT2D eigenvalue weighted by molar-refractivity contribution is -0.113. The maximum absolute atomic E-state index is 13.1. The summed E-state index contributed by atoms with van der Waals surface area (Å²) in [6, 6.07) is 13.1. The molecule has 0 bridgehead atoms. The first kappa shape index (κ1) is 18.9. The Kier molecular flexibility index (Phi) is 5.46. The summed E-state index contributed by atoms with van der Waals surface area (Å²) < 4.78 is 5.23. The van der Waals surface area contributed by atoms with Gasteiger partial charge in [0.05, 0.1) is 18.7 Å². The molecule has 2 aromatic rings. The number of amides is 1. The number of methoxy groups -OCH3 is 1. The number of carbonyl (C=O) groups excluding carboxylic acids is 1. The van der Waals surface area contributed by atoms with Gasteiger partial charge in [-0.1, -0.05) is 24.3 Å². The molecule has 0 aromatic heterocycles. The highest BCUT2D eigenvalue weighted by Crippen LogP contribution is 2.29. The first-order valence-electron chi connectivity index (χ1n) is 8.70. The topological polar surface area (TPSA) is 62.4 Å². The van der Waals surface area contributed by atoms with Crippen LogP contribution in [0.5, 0.6) is 5.75 Å². The number of benzene rings is 2. The van der Waals surface area contributed by atoms with E-state index in [1.807, 2.05) is 63.2 Å². The van der Waals surface area contributed by atoms with Gasteiger partial charge in [-0.25, -0.2) is 0 Å². The summed E-state index contributed by atoms with van der Waals surface area (Å²) in [5.74, 6) is 0.599. The third-order valence-corrected chi connectivity index (χ3v) is 5.04. The number of hydrogen-bond acceptors (Lipinski definition) is 3. The summed E-state index contributed by atoms with van der Waals surface area (Å²) in [4.78, 5) is 13.1. The Morgan fingerprint density at radius 3 is 2.48 bits per heavy atom. The fourth-order valence-electron chi connectivity index (χ4n) is 3.12. The number of allylic oxidation sites excluding steroid dienone is 1. The van der Waals surface area contributed by atoms with Gasteiger partial charge in [-0.05, 0) is 67.9 Å². The Labute approximate surface area is 164 Å². The Hall–Kier alpha value is -2.86. The van der Waals surface area contributed by atoms with Crippen LogP contribution in [0.15, 0.2) is 53.7 Å². The second-order valence-electron chi connectivity index (χ2n) is 6.54. The number of rotatable bonds is 4. The Bertz CT molecular complexity index is 920. The lowest BCUT2D eigenvalue weighted by Crippen LogP contribution is -2.45. The van der Waals surface area contributed by atoms with Gasteiger partial charge in [-0.3, -0.25) is 4.79 Å². The number of aryl methyl sites for hydroxylation is 1. The molecule has 0 radical (unpaired) electrons. The van der Waals surface area contributed by atoms with Gasteiger partial charge in [-0.2, -0.15) is 0 Å². The molecule has 5 nitrogen and oxygen atoms in total. The minimum atomic E-state index is -0.338. The van der Waals surface area contributed by atoms with E-state index in [2.05, 4.69) is 16.0 Å². The molecule has 2 aromatic carbocycles. The molecule has 0 unspecified atom stereocenters. The van der Waals surface area contributed by atoms with Crippen molar-refractivity contribution >= 4 is 28.9 Å². The van der Waals surface area contributed by atoms with Crippen LogP contribution >= 0.6 is 12.2 Å². The molecule has 6 heteroatoms. The molecule has 0 fully saturated rings. The minimum absolute atomic E-state index is 0.162. The van der Waals surface area contributed by atoms with Crippen LogP contribution in [0, 0.1) is 13.8 Å². The van der Waals surface area contributed by atoms with Crippen LogP contribution in [-0.2, 0) is 4.79 Å². The maximum Gasteiger partial charge on any atom is 0.255 e. The van der Waals surface area contributed by atoms with Crippen LogP contribution in [0.25, 0.3) is 0 Å². The van der Waals surface area contributed by atoms with Crippen molar-refractivity contribution in [1.29, 1.82) is 0 Å². The van der Waals surface area contributed by atoms with Gasteiger partial charge < -0.3 is 20.7 Å². The minimum Gasteiger partial charge on any atom is -0.497 e. The molecule has 27 heavy (non-hydrogen) atoms. The van der Waals surface area contributed by atoms with E-state index in [1.54, 1.807) is 7.11 Å². The summed E-state index contributed by atoms with van der Waals surface area (Å²) in [6.45, 7) is 5.89. The summed E-state index contributed by atoms with van der Waals surface area (Å²) in [7, 11) is 1.63. The summed E-state index contributed by atoms with van der Waals surface area (Å²) in [5.41, 5.74) is 5.27. The highest BCUT2D eigenvalue weighted by molar-refractivity contribution is 7.80. The van der Waals surface area contributed by atoms with Crippen molar-refractivity contribution in [2.75, 3.05) is 12.4 Å². The summed E-state index contributed by atoms with van der Waals surface area (Å²) in [5, 5.41) is 9.80. The second kappa shape index (κ2) is 7.80. The van der Waals surface area contributed by atoms with Gasteiger partial charge in [0, 0.05) is 11.4 Å². The van der Waals surface area contributed by atoms with Crippen LogP contribution in [0.2, 0.25) is 0 Å². The predicted molar refractivity (Wildman–Crippen MR) is 112 cm³/mol. The standard InChI is InChI=1S/C21H23N3O2S/c1-12-6-5-7-17(13(12)2)23-20(25)18-14(3)22-21(27)24-19(18)15-8-10-16(26-4)11-9-15/h5-11,19H,1-4H3,(H,23,25)(H2,22,24,27)/t19-/m0/s1. The fraction of sp³-hybridized carbons (Fsp3) is 0.238. The molecule has 0 spiro atoms. The normalized spacial score (nSPS) is 16.4. The van der Waals surface area contributed by atoms with E-state index in [-0.39, 0.29) is 11.9 Å². The quantitative estimate of drug-likeness (QED) is 0.704. The van der Waals surface area contributed by atoms with E-state index < -0.39 is 0 Å². The Morgan fingerprint density at radius 1 is 1.11 bits per heavy atom. The highest BCUT2D eigenvalue weighted by Gasteiger charge is 2.30. The molecule has 1 amide bonds. The molecule has 1 aliphatic heterocycles. The first-order chi connectivity index (χ1) is 12.9. The van der Waals surface area contributed by atoms with E-state index in [1.165, 1.54) is 0 Å². The molecule has 0 saturated heterocycles. The Balaban J connectivity index is 1.95. The van der Waals surface area contributed by atoms with E-state index in [9.17, 15) is 4.79 Å². The van der Waals surface area contributed by atoms with E-state index in [0.717, 1.165) is 33.8 Å². The van der Waals surface area contributed by atoms with Crippen molar-refractivity contribution in [3.63, 3.8) is 0 Å². The van der Waals surface area contributed by atoms with Crippen molar-refractivity contribution < 1.29 is 9.53 Å². The zero-order valence-electron chi connectivity index (χ0n) is 15.8. The van der Waals surface area contributed by atoms with Crippen LogP contribution < -0.4 is 20.7 Å². The zero-order valence-corrected chi connectivity index (χ0v) is 16.7. The molecule has 1 aliphatic rings. The molecule has 3 rings (SSSR count). The van der Waals surface area contributed by atoms with Crippen LogP contribution in [0.4, 0.5) is 5.69 Å². The van der Waals surface area contributed by atoms with Gasteiger partial charge >= 0.3 is 0 Å². The molecular formula is C21H23N3O2S. The van der Waals surface area contributed by atoms with Crippen LogP contribution in [0.1, 0.15) is 29.7 Å². The molecule has 140 valence electrons. The molecule has 1 atom stereocenters. The number of thiocarbonyl (C=S) groups is 1. The third-order valence-electron chi connectivity index (χ3n) is 4.82. The van der Waals surface area contributed by atoms with Gasteiger partial charge in [0.15, 0.2) is 5.11 Å². The molecule has 3 N–H and O–H groups in total. The van der Waals surface area contributed by atoms with Crippen molar-refractivity contribution in [3.05, 3.63) is 70.4 Å². The summed E-state index contributed by atoms with van der Waals surface area (Å²) in [6.07, 6.45) is 0. The van der Waals surface area contributed by atoms with E-state index >= 15 is 0 Å². The largest absolute Gasteiger partial charge is 0.497 e. The maximum atomic E-state index is 13.1. The predicted octanol–water partition coefficient (Wildman–Crippen LogP) is 3.74. The average Bonchev–Trinajstić information content (AvgIpc) is 2.64. The average molecular weight is 382 g/mol. The number of hydrogen-bond donors (Lipinski definition) is 3. The second-order valence-corrected chi connectivity index (χ2v) is 6.95. The SMILES string of the molecule is COc1ccc([C@@H]2NC(=S)NC(C)=C2C(=O)Nc2cccc(C)c2C)cc1. The van der Waals surface area contributed by atoms with Crippen molar-refractivity contribution in [3.8, 4) is 5.75 Å². The molecule has 1 heterocycles. The number of carbonyl (C=O) groups is 1. The van der Waals surface area contributed by atoms with Crippen LogP contribution in [-0.4, -0.2) is 18.1 Å². The lowest BCUT2D eigenvalue weighted by Gasteiger charge is -2.30. The third kappa shape index (κ3) is 3.95. The van der Waals surface area contributed by atoms with Gasteiger partial charge in [0.1, 0.15) is 5.75 Å². The molecular weight excluding hydrogens is 358 g/mol. The van der Waals surface area contributed by atoms with Crippen LogP contribution in [0.3, 0.4) is 0 Å². The van der Waals surface area contributed by atoms with Gasteiger partial charge in [0.25, 0.3) is 5.91 Å². The van der Waals surface area contributed by atoms with E-state index in [0.29, 0.717) is 10.7 Å². The van der Waals surface area contributed by atoms with Crippen molar-refractivity contribution in [1.82, 2.24) is 10.6 Å². The Morgan fingerprint density at radius 2 is 1.81 bits per heavy atom. The monoisotopic (exact) mass is 381 g/mol. The number of ether oxygens (including phenoxy) is 1. The lowest BCUT2D eigenvalue weighted by atomic mass is 9.94. The fourth-order valence-corrected chi connectivity index (χ4v) is 3.39. The zero-order chi connectivity index (χ0) is 19.6. The van der Waals surface area contributed by atoms with Gasteiger partial charge in [0.2, 0.25) is 0 Å². The first-order valence-corrected chi connectivity index (χ1v) is 9.11. The number of nitrogens with one attached hydrogen (secondary N) is 3. The molecule has 0 saturated carbocycles. The number of anilines is 1. The smallest absolute Gasteiger partial charge is 0.255 e. The summed E-state index contributed by atoms with van der Waals surface area (Å²) >= 11 is 5.30. The highest BCUT2D eigenvalue weighted by atomic mass is 32.1. The van der Waals surface area contributed by atoms with Crippen molar-refractivity contribution in [2.45, 2.75) is 26.8 Å². The van der Waals surface area contributed by atoms with Gasteiger partial charge in [-0.15, -0.1) is 0 Å². The van der Waals surface area contributed by atoms with E-state index in [4.69, 9.17) is 17.0 Å². The molecule has 0 aliphatic carbocycles.